The number of benzene rings is 1. The van der Waals surface area contributed by atoms with E-state index < -0.39 is 11.5 Å². The number of anilines is 1. The first kappa shape index (κ1) is 26.0. The molecule has 5 rings (SSSR count). The van der Waals surface area contributed by atoms with Crippen LogP contribution in [0, 0.1) is 16.7 Å². The molecule has 0 aliphatic heterocycles. The Kier molecular flexibility index (Phi) is 7.24. The van der Waals surface area contributed by atoms with E-state index in [1.165, 1.54) is 22.7 Å². The quantitative estimate of drug-likeness (QED) is 0.351. The van der Waals surface area contributed by atoms with E-state index >= 15 is 0 Å². The number of carbonyl (C=O) groups is 2. The predicted octanol–water partition coefficient (Wildman–Crippen LogP) is 4.58. The van der Waals surface area contributed by atoms with Gasteiger partial charge in [0.1, 0.15) is 0 Å². The smallest absolute Gasteiger partial charge is 0.267 e. The van der Waals surface area contributed by atoms with Crippen LogP contribution in [0.25, 0.3) is 0 Å². The Morgan fingerprint density at radius 2 is 1.95 bits per heavy atom. The van der Waals surface area contributed by atoms with Crippen LogP contribution in [0.2, 0.25) is 0 Å². The van der Waals surface area contributed by atoms with Gasteiger partial charge in [0.25, 0.3) is 5.91 Å². The van der Waals surface area contributed by atoms with Crippen molar-refractivity contribution >= 4 is 39.6 Å². The molecule has 196 valence electrons. The summed E-state index contributed by atoms with van der Waals surface area (Å²) in [6.07, 6.45) is 1.59. The van der Waals surface area contributed by atoms with Crippen molar-refractivity contribution in [1.29, 1.82) is 0 Å². The Morgan fingerprint density at radius 1 is 1.16 bits per heavy atom. The monoisotopic (exact) mass is 539 g/mol. The van der Waals surface area contributed by atoms with Gasteiger partial charge in [-0.25, -0.2) is 4.98 Å². The Balaban J connectivity index is 1.45. The van der Waals surface area contributed by atoms with E-state index in [1.54, 1.807) is 6.07 Å². The summed E-state index contributed by atoms with van der Waals surface area (Å²) >= 11 is 2.81. The minimum absolute atomic E-state index is 0.0329. The maximum absolute atomic E-state index is 13.2. The first-order valence-corrected chi connectivity index (χ1v) is 14.4. The summed E-state index contributed by atoms with van der Waals surface area (Å²) in [5.41, 5.74) is 0.868. The number of hydrogen-bond acceptors (Lipinski definition) is 7. The van der Waals surface area contributed by atoms with Gasteiger partial charge in [-0.05, 0) is 47.6 Å². The molecule has 0 saturated heterocycles. The van der Waals surface area contributed by atoms with E-state index in [4.69, 9.17) is 4.98 Å². The lowest BCUT2D eigenvalue weighted by Gasteiger charge is -2.58. The van der Waals surface area contributed by atoms with Gasteiger partial charge in [0.05, 0.1) is 23.3 Å². The van der Waals surface area contributed by atoms with Crippen LogP contribution in [-0.4, -0.2) is 39.7 Å². The molecule has 2 aromatic heterocycles. The van der Waals surface area contributed by atoms with Gasteiger partial charge in [0.2, 0.25) is 5.91 Å². The molecule has 9 heteroatoms. The maximum atomic E-state index is 13.2. The highest BCUT2D eigenvalue weighted by molar-refractivity contribution is 7.16. The second kappa shape index (κ2) is 10.3. The van der Waals surface area contributed by atoms with Crippen molar-refractivity contribution in [2.45, 2.75) is 58.1 Å². The standard InChI is InChI=1S/C28H33N3O4S2/c1-27-11-10-22(33)28(2,16-32)21(27)14-20-24(30-26(37-20)31-25(35)19-9-6-12-36-19)18(27)13-23(34)29-15-17-7-4-3-5-8-17/h3-9,12,18,21-22,32-33H,10-11,13-16H2,1-2H3,(H,29,34)(H,30,31,35)/t18-,21+,22-,27+,28+/m1/s1. The van der Waals surface area contributed by atoms with E-state index in [0.717, 1.165) is 22.6 Å². The third-order valence-corrected chi connectivity index (χ3v) is 10.5. The lowest BCUT2D eigenvalue weighted by molar-refractivity contribution is -0.144. The van der Waals surface area contributed by atoms with Crippen molar-refractivity contribution in [2.24, 2.45) is 16.7 Å². The summed E-state index contributed by atoms with van der Waals surface area (Å²) in [6, 6.07) is 13.4. The van der Waals surface area contributed by atoms with Gasteiger partial charge in [-0.3, -0.25) is 14.9 Å². The number of nitrogens with zero attached hydrogens (tertiary/aromatic N) is 1. The predicted molar refractivity (Wildman–Crippen MR) is 146 cm³/mol. The molecule has 4 N–H and O–H groups in total. The molecule has 1 saturated carbocycles. The van der Waals surface area contributed by atoms with Gasteiger partial charge in [-0.15, -0.1) is 22.7 Å². The SMILES string of the molecule is C[C@]1(CO)[C@H]2Cc3sc(NC(=O)c4cccs4)nc3[C@@H](CC(=O)NCc3ccccc3)[C@]2(C)CC[C@H]1O. The third-order valence-electron chi connectivity index (χ3n) is 8.58. The van der Waals surface area contributed by atoms with Crippen LogP contribution in [0.5, 0.6) is 0 Å². The number of aromatic nitrogens is 1. The van der Waals surface area contributed by atoms with Crippen LogP contribution in [-0.2, 0) is 17.8 Å². The van der Waals surface area contributed by atoms with Crippen molar-refractivity contribution in [2.75, 3.05) is 11.9 Å². The van der Waals surface area contributed by atoms with Crippen molar-refractivity contribution in [1.82, 2.24) is 10.3 Å². The summed E-state index contributed by atoms with van der Waals surface area (Å²) in [5.74, 6) is -0.485. The van der Waals surface area contributed by atoms with Crippen LogP contribution >= 0.6 is 22.7 Å². The Hall–Kier alpha value is -2.59. The first-order valence-electron chi connectivity index (χ1n) is 12.7. The van der Waals surface area contributed by atoms with Gasteiger partial charge < -0.3 is 15.5 Å². The number of aliphatic hydroxyl groups excluding tert-OH is 2. The van der Waals surface area contributed by atoms with Crippen molar-refractivity contribution in [3.63, 3.8) is 0 Å². The lowest BCUT2D eigenvalue weighted by Crippen LogP contribution is -2.57. The highest BCUT2D eigenvalue weighted by Gasteiger charge is 2.59. The van der Waals surface area contributed by atoms with Crippen LogP contribution in [0.3, 0.4) is 0 Å². The van der Waals surface area contributed by atoms with Crippen LogP contribution in [0.1, 0.15) is 64.8 Å². The number of thiophene rings is 1. The highest BCUT2D eigenvalue weighted by atomic mass is 32.1. The maximum Gasteiger partial charge on any atom is 0.267 e. The Labute approximate surface area is 225 Å². The molecule has 0 unspecified atom stereocenters. The molecule has 0 bridgehead atoms. The van der Waals surface area contributed by atoms with Gasteiger partial charge in [0.15, 0.2) is 5.13 Å². The van der Waals surface area contributed by atoms with Gasteiger partial charge in [0, 0.05) is 29.2 Å². The molecular weight excluding hydrogens is 506 g/mol. The molecule has 7 nitrogen and oxygen atoms in total. The molecule has 2 heterocycles. The average molecular weight is 540 g/mol. The fourth-order valence-corrected chi connectivity index (χ4v) is 8.00. The van der Waals surface area contributed by atoms with E-state index in [1.807, 2.05) is 48.7 Å². The second-order valence-corrected chi connectivity index (χ2v) is 12.8. The molecule has 0 spiro atoms. The molecule has 2 aliphatic rings. The molecule has 1 aromatic carbocycles. The number of aliphatic hydroxyl groups is 2. The zero-order valence-corrected chi connectivity index (χ0v) is 22.7. The Morgan fingerprint density at radius 3 is 2.65 bits per heavy atom. The van der Waals surface area contributed by atoms with E-state index in [-0.39, 0.29) is 42.1 Å². The van der Waals surface area contributed by atoms with Gasteiger partial charge in [-0.1, -0.05) is 50.2 Å². The number of fused-ring (bicyclic) bond motifs is 2. The first-order chi connectivity index (χ1) is 17.7. The minimum atomic E-state index is -0.687. The topological polar surface area (TPSA) is 112 Å². The van der Waals surface area contributed by atoms with E-state index in [9.17, 15) is 19.8 Å². The number of carbonyl (C=O) groups excluding carboxylic acids is 2. The molecule has 2 aliphatic carbocycles. The molecule has 3 aromatic rings. The fraction of sp³-hybridized carbons (Fsp3) is 0.464. The zero-order chi connectivity index (χ0) is 26.2. The van der Waals surface area contributed by atoms with Crippen molar-refractivity contribution in [3.05, 3.63) is 68.9 Å². The summed E-state index contributed by atoms with van der Waals surface area (Å²) in [5, 5.41) is 29.7. The molecular formula is C28H33N3O4S2. The second-order valence-electron chi connectivity index (χ2n) is 10.8. The number of amides is 2. The average Bonchev–Trinajstić information content (AvgIpc) is 3.57. The number of rotatable bonds is 7. The van der Waals surface area contributed by atoms with E-state index in [0.29, 0.717) is 29.4 Å². The highest BCUT2D eigenvalue weighted by Crippen LogP contribution is 2.62. The van der Waals surface area contributed by atoms with Gasteiger partial charge in [-0.2, -0.15) is 0 Å². The third kappa shape index (κ3) is 4.85. The molecule has 5 atom stereocenters. The fourth-order valence-electron chi connectivity index (χ4n) is 6.32. The normalized spacial score (nSPS) is 28.7. The molecule has 0 radical (unpaired) electrons. The number of hydrogen-bond donors (Lipinski definition) is 4. The summed E-state index contributed by atoms with van der Waals surface area (Å²) < 4.78 is 0. The Bertz CT molecular complexity index is 1260. The minimum Gasteiger partial charge on any atom is -0.396 e. The molecule has 1 fully saturated rings. The molecule has 37 heavy (non-hydrogen) atoms. The van der Waals surface area contributed by atoms with Crippen molar-refractivity contribution in [3.8, 4) is 0 Å². The number of nitrogens with one attached hydrogen (secondary N) is 2. The summed E-state index contributed by atoms with van der Waals surface area (Å²) in [4.78, 5) is 32.4. The molecule has 2 amide bonds. The van der Waals surface area contributed by atoms with Crippen LogP contribution < -0.4 is 10.6 Å². The van der Waals surface area contributed by atoms with Crippen molar-refractivity contribution < 1.29 is 19.8 Å². The zero-order valence-electron chi connectivity index (χ0n) is 21.1. The lowest BCUT2D eigenvalue weighted by atomic mass is 9.47. The summed E-state index contributed by atoms with van der Waals surface area (Å²) in [6.45, 7) is 4.46. The van der Waals surface area contributed by atoms with Gasteiger partial charge >= 0.3 is 0 Å². The van der Waals surface area contributed by atoms with E-state index in [2.05, 4.69) is 17.6 Å². The summed E-state index contributed by atoms with van der Waals surface area (Å²) in [7, 11) is 0. The van der Waals surface area contributed by atoms with Crippen LogP contribution in [0.15, 0.2) is 47.8 Å². The number of thiazole rings is 1. The van der Waals surface area contributed by atoms with Crippen LogP contribution in [0.4, 0.5) is 5.13 Å². The largest absolute Gasteiger partial charge is 0.396 e.